The largest absolute Gasteiger partial charge is 0.497 e. The highest BCUT2D eigenvalue weighted by Gasteiger charge is 2.20. The first-order valence-corrected chi connectivity index (χ1v) is 5.57. The minimum absolute atomic E-state index is 0.00476. The molecule has 7 nitrogen and oxygen atoms in total. The van der Waals surface area contributed by atoms with Gasteiger partial charge in [0.15, 0.2) is 0 Å². The summed E-state index contributed by atoms with van der Waals surface area (Å²) in [6.45, 7) is 3.41. The second kappa shape index (κ2) is 7.03. The van der Waals surface area contributed by atoms with Gasteiger partial charge in [0, 0.05) is 6.07 Å². The van der Waals surface area contributed by atoms with Gasteiger partial charge in [0.25, 0.3) is 0 Å². The molecule has 2 N–H and O–H groups in total. The molecule has 0 atom stereocenters. The SMILES string of the molecule is C=CCOC(=O)Nc1c(OC)cc(OC)cc1C(=O)O. The van der Waals surface area contributed by atoms with Gasteiger partial charge in [-0.05, 0) is 6.07 Å². The summed E-state index contributed by atoms with van der Waals surface area (Å²) < 4.78 is 14.8. The van der Waals surface area contributed by atoms with Gasteiger partial charge < -0.3 is 19.3 Å². The van der Waals surface area contributed by atoms with E-state index in [1.807, 2.05) is 0 Å². The molecule has 0 aliphatic heterocycles. The highest BCUT2D eigenvalue weighted by Crippen LogP contribution is 2.33. The first kappa shape index (κ1) is 15.4. The topological polar surface area (TPSA) is 94.1 Å². The summed E-state index contributed by atoms with van der Waals surface area (Å²) in [5.74, 6) is -0.789. The Balaban J connectivity index is 3.17. The molecule has 0 spiro atoms. The van der Waals surface area contributed by atoms with Gasteiger partial charge in [0.05, 0.1) is 19.8 Å². The molecule has 0 aliphatic rings. The van der Waals surface area contributed by atoms with Gasteiger partial charge in [-0.2, -0.15) is 0 Å². The van der Waals surface area contributed by atoms with Crippen LogP contribution in [0.2, 0.25) is 0 Å². The van der Waals surface area contributed by atoms with E-state index in [-0.39, 0.29) is 23.6 Å². The molecule has 0 saturated carbocycles. The minimum atomic E-state index is -1.23. The van der Waals surface area contributed by atoms with Crippen molar-refractivity contribution in [1.29, 1.82) is 0 Å². The normalized spacial score (nSPS) is 9.50. The Morgan fingerprint density at radius 3 is 2.55 bits per heavy atom. The van der Waals surface area contributed by atoms with E-state index in [9.17, 15) is 14.7 Å². The second-order valence-corrected chi connectivity index (χ2v) is 3.57. The van der Waals surface area contributed by atoms with E-state index in [0.717, 1.165) is 0 Å². The molecule has 1 aromatic rings. The van der Waals surface area contributed by atoms with Gasteiger partial charge in [-0.25, -0.2) is 9.59 Å². The van der Waals surface area contributed by atoms with Gasteiger partial charge in [0.2, 0.25) is 0 Å². The van der Waals surface area contributed by atoms with Crippen molar-refractivity contribution in [3.8, 4) is 11.5 Å². The smallest absolute Gasteiger partial charge is 0.412 e. The van der Waals surface area contributed by atoms with Crippen LogP contribution in [0.4, 0.5) is 10.5 Å². The fraction of sp³-hybridized carbons (Fsp3) is 0.231. The third-order valence-corrected chi connectivity index (χ3v) is 2.32. The summed E-state index contributed by atoms with van der Waals surface area (Å²) in [6, 6.07) is 2.73. The first-order valence-electron chi connectivity index (χ1n) is 5.57. The number of carboxylic acid groups (broad SMARTS) is 1. The molecule has 0 unspecified atom stereocenters. The van der Waals surface area contributed by atoms with Crippen LogP contribution < -0.4 is 14.8 Å². The van der Waals surface area contributed by atoms with Gasteiger partial charge in [-0.1, -0.05) is 12.7 Å². The number of aromatic carboxylic acids is 1. The highest BCUT2D eigenvalue weighted by molar-refractivity contribution is 6.01. The maximum atomic E-state index is 11.5. The minimum Gasteiger partial charge on any atom is -0.497 e. The molecule has 7 heteroatoms. The van der Waals surface area contributed by atoms with Crippen molar-refractivity contribution in [2.45, 2.75) is 0 Å². The summed E-state index contributed by atoms with van der Waals surface area (Å²) >= 11 is 0. The zero-order valence-electron chi connectivity index (χ0n) is 11.1. The summed E-state index contributed by atoms with van der Waals surface area (Å²) in [5.41, 5.74) is -0.174. The van der Waals surface area contributed by atoms with E-state index < -0.39 is 12.1 Å². The van der Waals surface area contributed by atoms with Crippen LogP contribution in [0.5, 0.6) is 11.5 Å². The third-order valence-electron chi connectivity index (χ3n) is 2.32. The maximum Gasteiger partial charge on any atom is 0.412 e. The Labute approximate surface area is 115 Å². The molecule has 108 valence electrons. The second-order valence-electron chi connectivity index (χ2n) is 3.57. The van der Waals surface area contributed by atoms with Crippen molar-refractivity contribution in [2.75, 3.05) is 26.1 Å². The molecule has 0 heterocycles. The average Bonchev–Trinajstić information content (AvgIpc) is 2.44. The standard InChI is InChI=1S/C13H15NO6/c1-4-5-20-13(17)14-11-9(12(15)16)6-8(18-2)7-10(11)19-3/h4,6-7H,1,5H2,2-3H3,(H,14,17)(H,15,16). The lowest BCUT2D eigenvalue weighted by Crippen LogP contribution is -2.17. The van der Waals surface area contributed by atoms with Gasteiger partial charge >= 0.3 is 12.1 Å². The fourth-order valence-electron chi connectivity index (χ4n) is 1.44. The Morgan fingerprint density at radius 1 is 1.35 bits per heavy atom. The van der Waals surface area contributed by atoms with E-state index in [1.165, 1.54) is 32.4 Å². The Hall–Kier alpha value is -2.70. The number of hydrogen-bond donors (Lipinski definition) is 2. The molecular weight excluding hydrogens is 266 g/mol. The number of carbonyl (C=O) groups excluding carboxylic acids is 1. The first-order chi connectivity index (χ1) is 9.53. The summed E-state index contributed by atoms with van der Waals surface area (Å²) in [6.07, 6.45) is 0.582. The van der Waals surface area contributed by atoms with Crippen molar-refractivity contribution in [2.24, 2.45) is 0 Å². The maximum absolute atomic E-state index is 11.5. The molecule has 1 rings (SSSR count). The highest BCUT2D eigenvalue weighted by atomic mass is 16.5. The lowest BCUT2D eigenvalue weighted by molar-refractivity contribution is 0.0697. The van der Waals surface area contributed by atoms with Crippen LogP contribution in [0.1, 0.15) is 10.4 Å². The van der Waals surface area contributed by atoms with E-state index in [0.29, 0.717) is 5.75 Å². The predicted octanol–water partition coefficient (Wildman–Crippen LogP) is 2.14. The van der Waals surface area contributed by atoms with Crippen LogP contribution in [0.15, 0.2) is 24.8 Å². The molecule has 0 aromatic heterocycles. The Morgan fingerprint density at radius 2 is 2.05 bits per heavy atom. The molecule has 0 saturated heterocycles. The van der Waals surface area contributed by atoms with Crippen LogP contribution in [0, 0.1) is 0 Å². The average molecular weight is 281 g/mol. The van der Waals surface area contributed by atoms with Crippen LogP contribution in [-0.2, 0) is 4.74 Å². The number of amides is 1. The molecular formula is C13H15NO6. The molecule has 0 bridgehead atoms. The number of nitrogens with one attached hydrogen (secondary N) is 1. The number of methoxy groups -OCH3 is 2. The van der Waals surface area contributed by atoms with Crippen molar-refractivity contribution < 1.29 is 28.9 Å². The number of rotatable bonds is 6. The summed E-state index contributed by atoms with van der Waals surface area (Å²) in [5, 5.41) is 11.5. The zero-order valence-corrected chi connectivity index (χ0v) is 11.1. The molecule has 1 amide bonds. The number of benzene rings is 1. The van der Waals surface area contributed by atoms with Crippen molar-refractivity contribution >= 4 is 17.7 Å². The van der Waals surface area contributed by atoms with E-state index in [2.05, 4.69) is 11.9 Å². The Kier molecular flexibility index (Phi) is 5.40. The van der Waals surface area contributed by atoms with Crippen molar-refractivity contribution in [3.63, 3.8) is 0 Å². The van der Waals surface area contributed by atoms with Crippen molar-refractivity contribution in [3.05, 3.63) is 30.4 Å². The van der Waals surface area contributed by atoms with Gasteiger partial charge in [-0.15, -0.1) is 0 Å². The molecule has 0 fully saturated rings. The van der Waals surface area contributed by atoms with Crippen molar-refractivity contribution in [1.82, 2.24) is 0 Å². The van der Waals surface area contributed by atoms with Gasteiger partial charge in [0.1, 0.15) is 23.8 Å². The van der Waals surface area contributed by atoms with E-state index in [1.54, 1.807) is 0 Å². The predicted molar refractivity (Wildman–Crippen MR) is 71.7 cm³/mol. The fourth-order valence-corrected chi connectivity index (χ4v) is 1.44. The van der Waals surface area contributed by atoms with Crippen LogP contribution in [0.25, 0.3) is 0 Å². The zero-order chi connectivity index (χ0) is 15.1. The Bertz CT molecular complexity index is 526. The number of hydrogen-bond acceptors (Lipinski definition) is 5. The number of ether oxygens (including phenoxy) is 3. The lowest BCUT2D eigenvalue weighted by Gasteiger charge is -2.14. The van der Waals surface area contributed by atoms with Crippen LogP contribution in [0.3, 0.4) is 0 Å². The number of anilines is 1. The summed E-state index contributed by atoms with van der Waals surface area (Å²) in [7, 11) is 2.74. The van der Waals surface area contributed by atoms with E-state index in [4.69, 9.17) is 14.2 Å². The quantitative estimate of drug-likeness (QED) is 0.776. The number of carboxylic acids is 1. The third kappa shape index (κ3) is 3.64. The molecule has 1 aromatic carbocycles. The van der Waals surface area contributed by atoms with Gasteiger partial charge in [-0.3, -0.25) is 5.32 Å². The van der Waals surface area contributed by atoms with E-state index >= 15 is 0 Å². The lowest BCUT2D eigenvalue weighted by atomic mass is 10.1. The monoisotopic (exact) mass is 281 g/mol. The molecule has 20 heavy (non-hydrogen) atoms. The van der Waals surface area contributed by atoms with Crippen LogP contribution in [-0.4, -0.2) is 38.0 Å². The number of carbonyl (C=O) groups is 2. The van der Waals surface area contributed by atoms with Crippen LogP contribution >= 0.6 is 0 Å². The molecule has 0 radical (unpaired) electrons. The summed E-state index contributed by atoms with van der Waals surface area (Å²) in [4.78, 5) is 22.7. The molecule has 0 aliphatic carbocycles.